The van der Waals surface area contributed by atoms with Crippen molar-refractivity contribution >= 4 is 45.1 Å². The van der Waals surface area contributed by atoms with Gasteiger partial charge in [0.05, 0.1) is 0 Å². The number of anilines is 1. The fourth-order valence-corrected chi connectivity index (χ4v) is 5.41. The van der Waals surface area contributed by atoms with Crippen LogP contribution >= 0.6 is 11.3 Å². The summed E-state index contributed by atoms with van der Waals surface area (Å²) in [5, 5.41) is 6.53. The Hall–Kier alpha value is -2.23. The van der Waals surface area contributed by atoms with Crippen molar-refractivity contribution < 1.29 is 17.7 Å². The van der Waals surface area contributed by atoms with Crippen molar-refractivity contribution in [3.63, 3.8) is 0 Å². The summed E-state index contributed by atoms with van der Waals surface area (Å²) in [6.45, 7) is 3.56. The molecule has 156 valence electrons. The Bertz CT molecular complexity index is 1030. The molecule has 2 heterocycles. The zero-order valence-corrected chi connectivity index (χ0v) is 18.2. The Kier molecular flexibility index (Phi) is 7.05. The van der Waals surface area contributed by atoms with E-state index in [1.165, 1.54) is 36.7 Å². The normalized spacial score (nSPS) is 14.9. The molecule has 0 aliphatic heterocycles. The summed E-state index contributed by atoms with van der Waals surface area (Å²) in [5.41, 5.74) is 2.43. The SMILES string of the molecule is CC(=O)Nc1c(C)noc1/C=C/c1ccc(S(=O)(=O)NCCC2=CCCCC2)s1. The van der Waals surface area contributed by atoms with Gasteiger partial charge in [0.1, 0.15) is 15.6 Å². The van der Waals surface area contributed by atoms with Gasteiger partial charge in [-0.1, -0.05) is 16.8 Å². The second-order valence-electron chi connectivity index (χ2n) is 6.93. The Labute approximate surface area is 174 Å². The molecule has 7 nitrogen and oxygen atoms in total. The number of aromatic nitrogens is 1. The molecule has 9 heteroatoms. The highest BCUT2D eigenvalue weighted by Crippen LogP contribution is 2.26. The molecular formula is C20H25N3O4S2. The van der Waals surface area contributed by atoms with Crippen LogP contribution in [0.2, 0.25) is 0 Å². The zero-order valence-electron chi connectivity index (χ0n) is 16.5. The van der Waals surface area contributed by atoms with Gasteiger partial charge in [-0.05, 0) is 63.3 Å². The first-order valence-electron chi connectivity index (χ1n) is 9.54. The maximum atomic E-state index is 12.5. The third-order valence-corrected chi connectivity index (χ3v) is 7.58. The number of nitrogens with zero attached hydrogens (tertiary/aromatic N) is 1. The van der Waals surface area contributed by atoms with Gasteiger partial charge in [-0.15, -0.1) is 11.3 Å². The van der Waals surface area contributed by atoms with Crippen molar-refractivity contribution in [2.75, 3.05) is 11.9 Å². The topological polar surface area (TPSA) is 101 Å². The minimum absolute atomic E-state index is 0.217. The van der Waals surface area contributed by atoms with Gasteiger partial charge in [-0.3, -0.25) is 4.79 Å². The van der Waals surface area contributed by atoms with E-state index in [1.54, 1.807) is 31.2 Å². The number of carbonyl (C=O) groups is 1. The first kappa shape index (κ1) is 21.5. The molecule has 2 N–H and O–H groups in total. The van der Waals surface area contributed by atoms with Gasteiger partial charge in [0.2, 0.25) is 15.9 Å². The number of allylic oxidation sites excluding steroid dienone is 1. The lowest BCUT2D eigenvalue weighted by Gasteiger charge is -2.12. The fraction of sp³-hybridized carbons (Fsp3) is 0.400. The van der Waals surface area contributed by atoms with Crippen LogP contribution in [0.15, 0.2) is 32.5 Å². The molecule has 1 aliphatic carbocycles. The fourth-order valence-electron chi connectivity index (χ4n) is 3.10. The van der Waals surface area contributed by atoms with E-state index in [0.717, 1.165) is 24.1 Å². The summed E-state index contributed by atoms with van der Waals surface area (Å²) in [6, 6.07) is 3.33. The standard InChI is InChI=1S/C20H25N3O4S2/c1-14-20(22-15(2)24)18(27-23-14)10-8-17-9-11-19(28-17)29(25,26)21-13-12-16-6-4-3-5-7-16/h6,8-11,21H,3-5,7,12-13H2,1-2H3,(H,22,24)/b10-8+. The highest BCUT2D eigenvalue weighted by Gasteiger charge is 2.17. The van der Waals surface area contributed by atoms with E-state index in [9.17, 15) is 13.2 Å². The van der Waals surface area contributed by atoms with E-state index in [-0.39, 0.29) is 10.1 Å². The molecule has 0 saturated carbocycles. The van der Waals surface area contributed by atoms with Crippen LogP contribution in [-0.2, 0) is 14.8 Å². The van der Waals surface area contributed by atoms with Crippen molar-refractivity contribution in [2.24, 2.45) is 0 Å². The van der Waals surface area contributed by atoms with Crippen LogP contribution in [-0.4, -0.2) is 26.0 Å². The van der Waals surface area contributed by atoms with Crippen molar-refractivity contribution in [1.29, 1.82) is 0 Å². The molecule has 2 aromatic rings. The summed E-state index contributed by atoms with van der Waals surface area (Å²) in [7, 11) is -3.53. The number of thiophene rings is 1. The summed E-state index contributed by atoms with van der Waals surface area (Å²) in [4.78, 5) is 12.1. The van der Waals surface area contributed by atoms with E-state index >= 15 is 0 Å². The molecule has 0 aromatic carbocycles. The Morgan fingerprint density at radius 1 is 1.31 bits per heavy atom. The number of hydrogen-bond acceptors (Lipinski definition) is 6. The van der Waals surface area contributed by atoms with E-state index in [1.807, 2.05) is 0 Å². The summed E-state index contributed by atoms with van der Waals surface area (Å²) >= 11 is 1.17. The largest absolute Gasteiger partial charge is 0.354 e. The predicted molar refractivity (Wildman–Crippen MR) is 115 cm³/mol. The maximum Gasteiger partial charge on any atom is 0.250 e. The monoisotopic (exact) mass is 435 g/mol. The molecule has 0 atom stereocenters. The van der Waals surface area contributed by atoms with E-state index in [2.05, 4.69) is 21.3 Å². The average Bonchev–Trinajstić information content (AvgIpc) is 3.29. The van der Waals surface area contributed by atoms with Gasteiger partial charge in [0, 0.05) is 18.3 Å². The van der Waals surface area contributed by atoms with Gasteiger partial charge in [-0.25, -0.2) is 13.1 Å². The lowest BCUT2D eigenvalue weighted by atomic mass is 9.97. The van der Waals surface area contributed by atoms with Gasteiger partial charge in [-0.2, -0.15) is 0 Å². The number of sulfonamides is 1. The minimum atomic E-state index is -3.53. The summed E-state index contributed by atoms with van der Waals surface area (Å²) < 4.78 is 33.2. The Balaban J connectivity index is 1.63. The Morgan fingerprint density at radius 2 is 2.14 bits per heavy atom. The number of rotatable bonds is 8. The van der Waals surface area contributed by atoms with Gasteiger partial charge < -0.3 is 9.84 Å². The number of aryl methyl sites for hydroxylation is 1. The van der Waals surface area contributed by atoms with E-state index < -0.39 is 10.0 Å². The smallest absolute Gasteiger partial charge is 0.250 e. The zero-order chi connectivity index (χ0) is 20.9. The molecule has 0 bridgehead atoms. The second kappa shape index (κ2) is 9.51. The molecule has 1 amide bonds. The average molecular weight is 436 g/mol. The predicted octanol–water partition coefficient (Wildman–Crippen LogP) is 4.34. The van der Waals surface area contributed by atoms with Gasteiger partial charge >= 0.3 is 0 Å². The number of hydrogen-bond donors (Lipinski definition) is 2. The van der Waals surface area contributed by atoms with Crippen molar-refractivity contribution in [2.45, 2.75) is 50.2 Å². The van der Waals surface area contributed by atoms with Crippen LogP contribution in [0, 0.1) is 6.92 Å². The highest BCUT2D eigenvalue weighted by molar-refractivity contribution is 7.91. The lowest BCUT2D eigenvalue weighted by Crippen LogP contribution is -2.24. The van der Waals surface area contributed by atoms with Gasteiger partial charge in [0.25, 0.3) is 0 Å². The van der Waals surface area contributed by atoms with Crippen LogP contribution in [0.5, 0.6) is 0 Å². The maximum absolute atomic E-state index is 12.5. The van der Waals surface area contributed by atoms with Crippen LogP contribution < -0.4 is 10.0 Å². The highest BCUT2D eigenvalue weighted by atomic mass is 32.2. The number of carbonyl (C=O) groups excluding carboxylic acids is 1. The van der Waals surface area contributed by atoms with Gasteiger partial charge in [0.15, 0.2) is 5.76 Å². The summed E-state index contributed by atoms with van der Waals surface area (Å²) in [6.07, 6.45) is 11.0. The quantitative estimate of drug-likeness (QED) is 0.601. The summed E-state index contributed by atoms with van der Waals surface area (Å²) in [5.74, 6) is 0.194. The second-order valence-corrected chi connectivity index (χ2v) is 10.0. The lowest BCUT2D eigenvalue weighted by molar-refractivity contribution is -0.114. The Morgan fingerprint density at radius 3 is 2.86 bits per heavy atom. The first-order chi connectivity index (χ1) is 13.8. The molecule has 0 spiro atoms. The van der Waals surface area contributed by atoms with Crippen LogP contribution in [0.25, 0.3) is 12.2 Å². The van der Waals surface area contributed by atoms with Crippen LogP contribution in [0.3, 0.4) is 0 Å². The molecule has 1 aliphatic rings. The van der Waals surface area contributed by atoms with Crippen LogP contribution in [0.1, 0.15) is 55.4 Å². The molecule has 0 unspecified atom stereocenters. The van der Waals surface area contributed by atoms with Crippen molar-refractivity contribution in [3.05, 3.63) is 40.1 Å². The number of amides is 1. The molecule has 29 heavy (non-hydrogen) atoms. The van der Waals surface area contributed by atoms with E-state index in [4.69, 9.17) is 4.52 Å². The molecule has 2 aromatic heterocycles. The third kappa shape index (κ3) is 5.88. The molecule has 0 saturated heterocycles. The van der Waals surface area contributed by atoms with Crippen molar-refractivity contribution in [3.8, 4) is 0 Å². The molecular weight excluding hydrogens is 410 g/mol. The number of nitrogens with one attached hydrogen (secondary N) is 2. The van der Waals surface area contributed by atoms with Crippen molar-refractivity contribution in [1.82, 2.24) is 9.88 Å². The minimum Gasteiger partial charge on any atom is -0.354 e. The first-order valence-corrected chi connectivity index (χ1v) is 11.8. The van der Waals surface area contributed by atoms with E-state index in [0.29, 0.717) is 23.7 Å². The molecule has 0 radical (unpaired) electrons. The molecule has 0 fully saturated rings. The molecule has 3 rings (SSSR count). The van der Waals surface area contributed by atoms with Crippen LogP contribution in [0.4, 0.5) is 5.69 Å². The third-order valence-electron chi connectivity index (χ3n) is 4.58.